The molecular formula is C9H5BrFNO. The zero-order valence-electron chi connectivity index (χ0n) is 6.55. The molecule has 0 amide bonds. The Morgan fingerprint density at radius 2 is 2.46 bits per heavy atom. The number of nitrogens with zero attached hydrogens (tertiary/aromatic N) is 1. The van der Waals surface area contributed by atoms with Gasteiger partial charge in [0, 0.05) is 0 Å². The van der Waals surface area contributed by atoms with E-state index in [0.717, 1.165) is 6.20 Å². The summed E-state index contributed by atoms with van der Waals surface area (Å²) >= 11 is 3.11. The zero-order chi connectivity index (χ0) is 9.68. The maximum atomic E-state index is 12.7. The van der Waals surface area contributed by atoms with Gasteiger partial charge >= 0.3 is 0 Å². The quantitative estimate of drug-likeness (QED) is 0.427. The summed E-state index contributed by atoms with van der Waals surface area (Å²) in [6.07, 6.45) is 1.43. The molecule has 1 rings (SSSR count). The van der Waals surface area contributed by atoms with Gasteiger partial charge in [-0.15, -0.1) is 0 Å². The second-order valence-corrected chi connectivity index (χ2v) is 2.71. The minimum absolute atomic E-state index is 0.0196. The number of aldehydes is 1. The molecule has 0 atom stereocenters. The van der Waals surface area contributed by atoms with E-state index in [1.807, 2.05) is 0 Å². The third kappa shape index (κ3) is 2.63. The zero-order valence-corrected chi connectivity index (χ0v) is 8.14. The molecule has 1 aromatic rings. The smallest absolute Gasteiger partial charge is 0.153 e. The molecule has 0 N–H and O–H groups in total. The van der Waals surface area contributed by atoms with Gasteiger partial charge in [-0.3, -0.25) is 4.79 Å². The highest BCUT2D eigenvalue weighted by molar-refractivity contribution is 9.09. The average Bonchev–Trinajstić information content (AvgIpc) is 2.16. The molecule has 0 unspecified atom stereocenters. The van der Waals surface area contributed by atoms with E-state index < -0.39 is 5.82 Å². The van der Waals surface area contributed by atoms with E-state index in [9.17, 15) is 9.18 Å². The Labute approximate surface area is 83.3 Å². The third-order valence-electron chi connectivity index (χ3n) is 1.30. The van der Waals surface area contributed by atoms with Gasteiger partial charge in [-0.1, -0.05) is 21.9 Å². The van der Waals surface area contributed by atoms with Crippen LogP contribution in [-0.2, 0) is 0 Å². The lowest BCUT2D eigenvalue weighted by molar-refractivity contribution is 0.111. The fraction of sp³-hybridized carbons (Fsp3) is 0.111. The minimum Gasteiger partial charge on any atom is -0.298 e. The Balaban J connectivity index is 3.06. The average molecular weight is 242 g/mol. The summed E-state index contributed by atoms with van der Waals surface area (Å²) < 4.78 is 12.7. The fourth-order valence-electron chi connectivity index (χ4n) is 0.737. The molecular weight excluding hydrogens is 237 g/mol. The van der Waals surface area contributed by atoms with E-state index in [1.165, 1.54) is 6.07 Å². The van der Waals surface area contributed by atoms with Crippen molar-refractivity contribution in [3.05, 3.63) is 29.3 Å². The molecule has 0 aromatic carbocycles. The molecule has 0 radical (unpaired) electrons. The largest absolute Gasteiger partial charge is 0.298 e. The SMILES string of the molecule is O=Cc1cc(C#CCBr)ncc1F. The number of carbonyl (C=O) groups excluding carboxylic acids is 1. The van der Waals surface area contributed by atoms with Crippen LogP contribution < -0.4 is 0 Å². The summed E-state index contributed by atoms with van der Waals surface area (Å²) in [5.41, 5.74) is 0.372. The summed E-state index contributed by atoms with van der Waals surface area (Å²) in [5, 5.41) is 0.516. The molecule has 0 spiro atoms. The van der Waals surface area contributed by atoms with E-state index in [4.69, 9.17) is 0 Å². The summed E-state index contributed by atoms with van der Waals surface area (Å²) in [6.45, 7) is 0. The monoisotopic (exact) mass is 241 g/mol. The second-order valence-electron chi connectivity index (χ2n) is 2.14. The van der Waals surface area contributed by atoms with Crippen LogP contribution in [0.4, 0.5) is 4.39 Å². The molecule has 2 nitrogen and oxygen atoms in total. The van der Waals surface area contributed by atoms with Crippen molar-refractivity contribution in [3.63, 3.8) is 0 Å². The van der Waals surface area contributed by atoms with Crippen LogP contribution >= 0.6 is 15.9 Å². The Kier molecular flexibility index (Phi) is 3.59. The van der Waals surface area contributed by atoms with Crippen molar-refractivity contribution in [2.24, 2.45) is 0 Å². The molecule has 0 saturated heterocycles. The van der Waals surface area contributed by atoms with Gasteiger partial charge in [0.05, 0.1) is 17.1 Å². The lowest BCUT2D eigenvalue weighted by Gasteiger charge is -1.93. The van der Waals surface area contributed by atoms with Crippen molar-refractivity contribution in [2.75, 3.05) is 5.33 Å². The number of hydrogen-bond donors (Lipinski definition) is 0. The highest BCUT2D eigenvalue weighted by Gasteiger charge is 2.01. The third-order valence-corrected chi connectivity index (χ3v) is 1.58. The van der Waals surface area contributed by atoms with Crippen LogP contribution in [0.3, 0.4) is 0 Å². The summed E-state index contributed by atoms with van der Waals surface area (Å²) in [6, 6.07) is 1.32. The van der Waals surface area contributed by atoms with Gasteiger partial charge in [0.25, 0.3) is 0 Å². The molecule has 0 bridgehead atoms. The van der Waals surface area contributed by atoms with Crippen LogP contribution in [0.15, 0.2) is 12.3 Å². The van der Waals surface area contributed by atoms with Crippen molar-refractivity contribution in [2.45, 2.75) is 0 Å². The van der Waals surface area contributed by atoms with Gasteiger partial charge in [-0.05, 0) is 12.0 Å². The number of hydrogen-bond acceptors (Lipinski definition) is 2. The van der Waals surface area contributed by atoms with Crippen LogP contribution in [0, 0.1) is 17.7 Å². The highest BCUT2D eigenvalue weighted by Crippen LogP contribution is 2.03. The van der Waals surface area contributed by atoms with Gasteiger partial charge in [0.2, 0.25) is 0 Å². The number of aromatic nitrogens is 1. The van der Waals surface area contributed by atoms with Gasteiger partial charge in [-0.25, -0.2) is 9.37 Å². The highest BCUT2D eigenvalue weighted by atomic mass is 79.9. The van der Waals surface area contributed by atoms with E-state index in [1.54, 1.807) is 0 Å². The molecule has 0 aliphatic rings. The molecule has 13 heavy (non-hydrogen) atoms. The van der Waals surface area contributed by atoms with E-state index >= 15 is 0 Å². The summed E-state index contributed by atoms with van der Waals surface area (Å²) in [5.74, 6) is 4.74. The van der Waals surface area contributed by atoms with Crippen molar-refractivity contribution >= 4 is 22.2 Å². The Bertz CT molecular complexity index is 381. The van der Waals surface area contributed by atoms with Crippen LogP contribution in [0.5, 0.6) is 0 Å². The first-order valence-corrected chi connectivity index (χ1v) is 4.55. The minimum atomic E-state index is -0.626. The van der Waals surface area contributed by atoms with Crippen molar-refractivity contribution in [1.29, 1.82) is 0 Å². The summed E-state index contributed by atoms with van der Waals surface area (Å²) in [7, 11) is 0. The predicted octanol–water partition coefficient (Wildman–Crippen LogP) is 1.78. The van der Waals surface area contributed by atoms with Crippen molar-refractivity contribution in [3.8, 4) is 11.8 Å². The Morgan fingerprint density at radius 1 is 1.69 bits per heavy atom. The van der Waals surface area contributed by atoms with Crippen LogP contribution in [0.1, 0.15) is 16.1 Å². The second kappa shape index (κ2) is 4.73. The molecule has 1 aromatic heterocycles. The van der Waals surface area contributed by atoms with Gasteiger partial charge in [0.15, 0.2) is 12.1 Å². The van der Waals surface area contributed by atoms with Gasteiger partial charge in [0.1, 0.15) is 5.69 Å². The topological polar surface area (TPSA) is 30.0 Å². The Morgan fingerprint density at radius 3 is 3.08 bits per heavy atom. The van der Waals surface area contributed by atoms with Crippen LogP contribution in [-0.4, -0.2) is 16.6 Å². The number of halogens is 2. The predicted molar refractivity (Wildman–Crippen MR) is 50.3 cm³/mol. The molecule has 0 aliphatic heterocycles. The molecule has 66 valence electrons. The summed E-state index contributed by atoms with van der Waals surface area (Å²) in [4.78, 5) is 14.0. The van der Waals surface area contributed by atoms with Crippen molar-refractivity contribution in [1.82, 2.24) is 4.98 Å². The fourth-order valence-corrected chi connectivity index (χ4v) is 0.877. The first-order chi connectivity index (χ1) is 6.27. The molecule has 1 heterocycles. The number of rotatable bonds is 1. The Hall–Kier alpha value is -1.21. The number of alkyl halides is 1. The first kappa shape index (κ1) is 9.87. The van der Waals surface area contributed by atoms with E-state index in [2.05, 4.69) is 32.8 Å². The standard InChI is InChI=1S/C9H5BrFNO/c10-3-1-2-8-4-7(6-13)9(11)5-12-8/h4-6H,3H2. The first-order valence-electron chi connectivity index (χ1n) is 3.43. The van der Waals surface area contributed by atoms with Crippen LogP contribution in [0.2, 0.25) is 0 Å². The van der Waals surface area contributed by atoms with Crippen molar-refractivity contribution < 1.29 is 9.18 Å². The maximum absolute atomic E-state index is 12.7. The number of pyridine rings is 1. The molecule has 0 saturated carbocycles. The lowest BCUT2D eigenvalue weighted by Crippen LogP contribution is -1.92. The van der Waals surface area contributed by atoms with Gasteiger partial charge < -0.3 is 0 Å². The molecule has 0 aliphatic carbocycles. The maximum Gasteiger partial charge on any atom is 0.153 e. The molecule has 4 heteroatoms. The lowest BCUT2D eigenvalue weighted by atomic mass is 10.2. The number of carbonyl (C=O) groups is 1. The normalized spacial score (nSPS) is 8.77. The van der Waals surface area contributed by atoms with Gasteiger partial charge in [-0.2, -0.15) is 0 Å². The van der Waals surface area contributed by atoms with Crippen LogP contribution in [0.25, 0.3) is 0 Å². The van der Waals surface area contributed by atoms with E-state index in [0.29, 0.717) is 17.3 Å². The van der Waals surface area contributed by atoms with E-state index in [-0.39, 0.29) is 5.56 Å². The molecule has 0 fully saturated rings.